The molecule has 1 heterocycles. The van der Waals surface area contributed by atoms with Crippen molar-refractivity contribution >= 4 is 29.9 Å². The van der Waals surface area contributed by atoms with Gasteiger partial charge in [0, 0.05) is 38.8 Å². The van der Waals surface area contributed by atoms with Gasteiger partial charge < -0.3 is 10.6 Å². The molecular formula is C19H39IN4. The fourth-order valence-corrected chi connectivity index (χ4v) is 2.93. The number of piperidine rings is 1. The third kappa shape index (κ3) is 11.3. The van der Waals surface area contributed by atoms with Gasteiger partial charge in [-0.1, -0.05) is 32.9 Å². The summed E-state index contributed by atoms with van der Waals surface area (Å²) in [5.41, 5.74) is 1.65. The van der Waals surface area contributed by atoms with Crippen molar-refractivity contribution in [3.8, 4) is 0 Å². The molecule has 4 nitrogen and oxygen atoms in total. The van der Waals surface area contributed by atoms with Gasteiger partial charge in [-0.25, -0.2) is 0 Å². The molecule has 0 unspecified atom stereocenters. The number of hydrogen-bond acceptors (Lipinski definition) is 2. The lowest BCUT2D eigenvalue weighted by molar-refractivity contribution is 0.221. The molecule has 0 aromatic carbocycles. The second-order valence-electron chi connectivity index (χ2n) is 8.08. The molecule has 0 atom stereocenters. The van der Waals surface area contributed by atoms with E-state index in [1.165, 1.54) is 24.8 Å². The molecule has 0 bridgehead atoms. The van der Waals surface area contributed by atoms with Gasteiger partial charge in [0.2, 0.25) is 0 Å². The Morgan fingerprint density at radius 2 is 1.88 bits per heavy atom. The highest BCUT2D eigenvalue weighted by Gasteiger charge is 2.19. The largest absolute Gasteiger partial charge is 0.357 e. The summed E-state index contributed by atoms with van der Waals surface area (Å²) in [4.78, 5) is 7.24. The van der Waals surface area contributed by atoms with Crippen LogP contribution in [0.2, 0.25) is 0 Å². The quantitative estimate of drug-likeness (QED) is 0.202. The zero-order valence-corrected chi connectivity index (χ0v) is 18.8. The van der Waals surface area contributed by atoms with Crippen molar-refractivity contribution in [2.45, 2.75) is 66.3 Å². The maximum atomic E-state index is 4.74. The van der Waals surface area contributed by atoms with Gasteiger partial charge in [0.25, 0.3) is 0 Å². The smallest absolute Gasteiger partial charge is 0.191 e. The molecule has 0 amide bonds. The first-order valence-corrected chi connectivity index (χ1v) is 9.22. The summed E-state index contributed by atoms with van der Waals surface area (Å²) < 4.78 is 0. The Bertz CT molecular complexity index is 379. The van der Waals surface area contributed by atoms with E-state index >= 15 is 0 Å². The molecule has 0 radical (unpaired) electrons. The maximum Gasteiger partial charge on any atom is 0.191 e. The summed E-state index contributed by atoms with van der Waals surface area (Å²) in [5, 5.41) is 7.00. The second kappa shape index (κ2) is 12.1. The summed E-state index contributed by atoms with van der Waals surface area (Å²) in [6, 6.07) is 0.539. The lowest BCUT2D eigenvalue weighted by atomic mass is 9.91. The van der Waals surface area contributed by atoms with E-state index < -0.39 is 0 Å². The molecule has 1 saturated heterocycles. The number of hydrogen-bond donors (Lipinski definition) is 2. The lowest BCUT2D eigenvalue weighted by Gasteiger charge is -2.33. The number of guanidine groups is 1. The first kappa shape index (κ1) is 23.7. The van der Waals surface area contributed by atoms with Gasteiger partial charge in [-0.2, -0.15) is 0 Å². The molecule has 0 saturated carbocycles. The van der Waals surface area contributed by atoms with Crippen LogP contribution in [0.3, 0.4) is 0 Å². The Morgan fingerprint density at radius 3 is 2.38 bits per heavy atom. The highest BCUT2D eigenvalue weighted by molar-refractivity contribution is 14.0. The highest BCUT2D eigenvalue weighted by atomic mass is 127. The van der Waals surface area contributed by atoms with Gasteiger partial charge in [0.1, 0.15) is 0 Å². The fourth-order valence-electron chi connectivity index (χ4n) is 2.93. The van der Waals surface area contributed by atoms with Crippen LogP contribution < -0.4 is 10.6 Å². The minimum absolute atomic E-state index is 0. The van der Waals surface area contributed by atoms with Crippen molar-refractivity contribution in [1.82, 2.24) is 15.5 Å². The van der Waals surface area contributed by atoms with E-state index in [2.05, 4.69) is 56.7 Å². The van der Waals surface area contributed by atoms with Crippen molar-refractivity contribution < 1.29 is 0 Å². The van der Waals surface area contributed by atoms with Crippen LogP contribution in [0, 0.1) is 5.41 Å². The third-order valence-corrected chi connectivity index (χ3v) is 4.12. The van der Waals surface area contributed by atoms with Crippen LogP contribution in [0.4, 0.5) is 0 Å². The average Bonchev–Trinajstić information content (AvgIpc) is 2.44. The number of likely N-dealkylation sites (tertiary alicyclic amines) is 1. The minimum Gasteiger partial charge on any atom is -0.357 e. The lowest BCUT2D eigenvalue weighted by Crippen LogP contribution is -2.48. The molecule has 24 heavy (non-hydrogen) atoms. The van der Waals surface area contributed by atoms with E-state index in [-0.39, 0.29) is 24.0 Å². The van der Waals surface area contributed by atoms with Crippen molar-refractivity contribution in [3.63, 3.8) is 0 Å². The van der Waals surface area contributed by atoms with Crippen LogP contribution >= 0.6 is 24.0 Å². The summed E-state index contributed by atoms with van der Waals surface area (Å²) in [5.74, 6) is 0.986. The van der Waals surface area contributed by atoms with Gasteiger partial charge in [-0.3, -0.25) is 9.89 Å². The molecule has 0 aromatic rings. The minimum atomic E-state index is 0. The van der Waals surface area contributed by atoms with Gasteiger partial charge >= 0.3 is 0 Å². The van der Waals surface area contributed by atoms with E-state index in [9.17, 15) is 0 Å². The summed E-state index contributed by atoms with van der Waals surface area (Å²) >= 11 is 0. The van der Waals surface area contributed by atoms with E-state index in [1.807, 2.05) is 0 Å². The van der Waals surface area contributed by atoms with Gasteiger partial charge in [0.15, 0.2) is 5.96 Å². The number of nitrogens with one attached hydrogen (secondary N) is 2. The Morgan fingerprint density at radius 1 is 1.25 bits per heavy atom. The maximum absolute atomic E-state index is 4.74. The van der Waals surface area contributed by atoms with Crippen molar-refractivity contribution in [3.05, 3.63) is 12.2 Å². The molecule has 1 rings (SSSR count). The van der Waals surface area contributed by atoms with E-state index in [0.29, 0.717) is 11.5 Å². The number of nitrogens with zero attached hydrogens (tertiary/aromatic N) is 2. The van der Waals surface area contributed by atoms with Crippen LogP contribution in [0.1, 0.15) is 60.3 Å². The monoisotopic (exact) mass is 450 g/mol. The number of halogens is 1. The van der Waals surface area contributed by atoms with Gasteiger partial charge in [0.05, 0.1) is 0 Å². The molecule has 142 valence electrons. The van der Waals surface area contributed by atoms with E-state index in [4.69, 9.17) is 4.99 Å². The molecule has 0 aliphatic carbocycles. The Hall–Kier alpha value is -0.300. The molecular weight excluding hydrogens is 411 g/mol. The van der Waals surface area contributed by atoms with Gasteiger partial charge in [-0.05, 0) is 44.9 Å². The van der Waals surface area contributed by atoms with Gasteiger partial charge in [-0.15, -0.1) is 24.0 Å². The topological polar surface area (TPSA) is 39.7 Å². The molecule has 2 N–H and O–H groups in total. The Labute approximate surface area is 167 Å². The third-order valence-electron chi connectivity index (χ3n) is 4.12. The standard InChI is InChI=1S/C19H38N4.HI/c1-7-20-18(21-12-8-11-19(4,5)6)22-17-9-13-23(14-10-17)15-16(2)3;/h17H,2,7-15H2,1,3-6H3,(H2,20,21,22);1H. The molecule has 1 aliphatic rings. The predicted octanol–water partition coefficient (Wildman–Crippen LogP) is 4.03. The Kier molecular flexibility index (Phi) is 12.0. The first-order valence-electron chi connectivity index (χ1n) is 9.22. The van der Waals surface area contributed by atoms with Crippen molar-refractivity contribution in [1.29, 1.82) is 0 Å². The fraction of sp³-hybridized carbons (Fsp3) is 0.842. The SMILES string of the molecule is C=C(C)CN1CCC(NC(=NCCCC(C)(C)C)NCC)CC1.I. The molecule has 1 aliphatic heterocycles. The number of rotatable bonds is 7. The van der Waals surface area contributed by atoms with Crippen molar-refractivity contribution in [2.75, 3.05) is 32.7 Å². The zero-order chi connectivity index (χ0) is 17.3. The van der Waals surface area contributed by atoms with Crippen LogP contribution in [0.15, 0.2) is 17.1 Å². The average molecular weight is 450 g/mol. The highest BCUT2D eigenvalue weighted by Crippen LogP contribution is 2.20. The van der Waals surface area contributed by atoms with E-state index in [1.54, 1.807) is 0 Å². The van der Waals surface area contributed by atoms with Crippen LogP contribution in [-0.4, -0.2) is 49.6 Å². The summed E-state index contributed by atoms with van der Waals surface area (Å²) in [6.07, 6.45) is 4.73. The normalized spacial score (nSPS) is 17.3. The summed E-state index contributed by atoms with van der Waals surface area (Å²) in [7, 11) is 0. The summed E-state index contributed by atoms with van der Waals surface area (Å²) in [6.45, 7) is 20.3. The van der Waals surface area contributed by atoms with Crippen molar-refractivity contribution in [2.24, 2.45) is 10.4 Å². The molecule has 5 heteroatoms. The number of aliphatic imine (C=N–C) groups is 1. The van der Waals surface area contributed by atoms with Crippen LogP contribution in [0.5, 0.6) is 0 Å². The predicted molar refractivity (Wildman–Crippen MR) is 117 cm³/mol. The van der Waals surface area contributed by atoms with Crippen LogP contribution in [-0.2, 0) is 0 Å². The zero-order valence-electron chi connectivity index (χ0n) is 16.5. The molecule has 0 aromatic heterocycles. The molecule has 1 fully saturated rings. The Balaban J connectivity index is 0.00000529. The second-order valence-corrected chi connectivity index (χ2v) is 8.08. The first-order chi connectivity index (χ1) is 10.8. The van der Waals surface area contributed by atoms with E-state index in [0.717, 1.165) is 45.1 Å². The van der Waals surface area contributed by atoms with Crippen LogP contribution in [0.25, 0.3) is 0 Å². The molecule has 0 spiro atoms.